The zero-order chi connectivity index (χ0) is 22.3. The summed E-state index contributed by atoms with van der Waals surface area (Å²) in [4.78, 5) is 35.9. The highest BCUT2D eigenvalue weighted by molar-refractivity contribution is 7.55. The van der Waals surface area contributed by atoms with Gasteiger partial charge in [-0.3, -0.25) is 14.3 Å². The molecule has 172 valence electrons. The Bertz CT molecular complexity index is 1100. The lowest BCUT2D eigenvalue weighted by Gasteiger charge is -2.26. The summed E-state index contributed by atoms with van der Waals surface area (Å²) in [5.74, 6) is -1.11. The van der Waals surface area contributed by atoms with Gasteiger partial charge in [0.1, 0.15) is 31.6 Å². The molecule has 0 aliphatic carbocycles. The highest BCUT2D eigenvalue weighted by Gasteiger charge is 2.58. The van der Waals surface area contributed by atoms with Crippen molar-refractivity contribution in [2.24, 2.45) is 0 Å². The standard InChI is InChI=1S/C19H20FN2O9P/c20-13-8-22(19(24)21-17(13)23)16-7-14-15(30-16)10-29-32(25,31-14)28-9-11-3-1-2-4-12(11)18-26-5-6-27-18/h1-4,8,14-16,18,25H,5-7,9-10H2/p+1/t14-,15+,16+,32?/m0/s1. The fourth-order valence-electron chi connectivity index (χ4n) is 3.83. The lowest BCUT2D eigenvalue weighted by atomic mass is 10.1. The average molecular weight is 471 g/mol. The minimum atomic E-state index is -3.68. The first-order valence-corrected chi connectivity index (χ1v) is 11.5. The number of hydrogen-bond donors (Lipinski definition) is 2. The number of nitrogens with zero attached hydrogens (tertiary/aromatic N) is 1. The van der Waals surface area contributed by atoms with Gasteiger partial charge in [-0.2, -0.15) is 13.8 Å². The monoisotopic (exact) mass is 471 g/mol. The number of H-pyrrole nitrogens is 1. The summed E-state index contributed by atoms with van der Waals surface area (Å²) in [6.07, 6.45) is -1.72. The second-order valence-electron chi connectivity index (χ2n) is 7.46. The van der Waals surface area contributed by atoms with Crippen LogP contribution in [-0.2, 0) is 34.4 Å². The molecule has 5 rings (SSSR count). The van der Waals surface area contributed by atoms with Crippen LogP contribution >= 0.6 is 8.17 Å². The van der Waals surface area contributed by atoms with Crippen molar-refractivity contribution >= 4 is 8.17 Å². The Morgan fingerprint density at radius 3 is 2.81 bits per heavy atom. The topological polar surface area (TPSA) is 130 Å². The summed E-state index contributed by atoms with van der Waals surface area (Å²) in [5, 5.41) is 0. The van der Waals surface area contributed by atoms with Crippen LogP contribution in [0.2, 0.25) is 0 Å². The van der Waals surface area contributed by atoms with Gasteiger partial charge in [0.25, 0.3) is 5.56 Å². The van der Waals surface area contributed by atoms with Crippen molar-refractivity contribution < 1.29 is 37.1 Å². The lowest BCUT2D eigenvalue weighted by molar-refractivity contribution is -0.0832. The summed E-state index contributed by atoms with van der Waals surface area (Å²) in [5.41, 5.74) is -0.382. The van der Waals surface area contributed by atoms with Crippen LogP contribution in [0.5, 0.6) is 0 Å². The molecule has 1 aromatic heterocycles. The molecule has 0 radical (unpaired) electrons. The number of halogens is 1. The van der Waals surface area contributed by atoms with E-state index in [1.165, 1.54) is 0 Å². The van der Waals surface area contributed by atoms with Gasteiger partial charge in [0.05, 0.1) is 19.4 Å². The minimum Gasteiger partial charge on any atom is -0.349 e. The predicted molar refractivity (Wildman–Crippen MR) is 106 cm³/mol. The Labute approximate surface area is 181 Å². The van der Waals surface area contributed by atoms with Crippen LogP contribution in [0.1, 0.15) is 30.1 Å². The Balaban J connectivity index is 1.26. The van der Waals surface area contributed by atoms with Crippen molar-refractivity contribution in [3.63, 3.8) is 0 Å². The van der Waals surface area contributed by atoms with Gasteiger partial charge >= 0.3 is 13.9 Å². The SMILES string of the molecule is O=c1[nH]c(=O)n([C@H]2C[C@@H]3O[P+](O)(OCc4ccccc4C4OCCO4)OC[C@H]3O2)cc1F. The van der Waals surface area contributed by atoms with Crippen molar-refractivity contribution in [3.8, 4) is 0 Å². The number of ether oxygens (including phenoxy) is 3. The van der Waals surface area contributed by atoms with Crippen LogP contribution in [-0.4, -0.2) is 46.5 Å². The van der Waals surface area contributed by atoms with E-state index in [2.05, 4.69) is 0 Å². The molecule has 0 saturated carbocycles. The molecule has 2 aromatic rings. The van der Waals surface area contributed by atoms with Gasteiger partial charge < -0.3 is 14.2 Å². The zero-order valence-corrected chi connectivity index (χ0v) is 17.6. The van der Waals surface area contributed by atoms with Crippen LogP contribution in [0, 0.1) is 5.82 Å². The van der Waals surface area contributed by atoms with Crippen LogP contribution in [0.25, 0.3) is 0 Å². The van der Waals surface area contributed by atoms with Gasteiger partial charge in [0, 0.05) is 12.0 Å². The molecular weight excluding hydrogens is 450 g/mol. The normalized spacial score (nSPS) is 30.5. The number of hydrogen-bond acceptors (Lipinski definition) is 9. The summed E-state index contributed by atoms with van der Waals surface area (Å²) < 4.78 is 48.1. The third kappa shape index (κ3) is 4.28. The number of benzene rings is 1. The van der Waals surface area contributed by atoms with E-state index in [-0.39, 0.29) is 19.6 Å². The second kappa shape index (κ2) is 8.73. The summed E-state index contributed by atoms with van der Waals surface area (Å²) in [7, 11) is -3.68. The van der Waals surface area contributed by atoms with Gasteiger partial charge in [0.2, 0.25) is 5.82 Å². The maximum atomic E-state index is 13.6. The molecular formula is C19H21FN2O9P+. The van der Waals surface area contributed by atoms with Crippen LogP contribution in [0.15, 0.2) is 40.1 Å². The quantitative estimate of drug-likeness (QED) is 0.620. The van der Waals surface area contributed by atoms with Gasteiger partial charge in [-0.15, -0.1) is 9.05 Å². The van der Waals surface area contributed by atoms with Gasteiger partial charge in [-0.05, 0) is 5.56 Å². The number of fused-ring (bicyclic) bond motifs is 1. The fourth-order valence-corrected chi connectivity index (χ4v) is 5.23. The first-order valence-electron chi connectivity index (χ1n) is 9.98. The summed E-state index contributed by atoms with van der Waals surface area (Å²) >= 11 is 0. The molecule has 0 spiro atoms. The van der Waals surface area contributed by atoms with Gasteiger partial charge in [-0.1, -0.05) is 24.3 Å². The maximum Gasteiger partial charge on any atom is 0.573 e. The molecule has 1 aromatic carbocycles. The third-order valence-electron chi connectivity index (χ3n) is 5.40. The highest BCUT2D eigenvalue weighted by atomic mass is 31.2. The van der Waals surface area contributed by atoms with Crippen LogP contribution in [0.3, 0.4) is 0 Å². The van der Waals surface area contributed by atoms with Crippen molar-refractivity contribution in [3.05, 3.63) is 68.2 Å². The van der Waals surface area contributed by atoms with E-state index in [9.17, 15) is 18.9 Å². The summed E-state index contributed by atoms with van der Waals surface area (Å²) in [6, 6.07) is 7.36. The van der Waals surface area contributed by atoms with E-state index >= 15 is 0 Å². The Kier molecular flexibility index (Phi) is 5.95. The predicted octanol–water partition coefficient (Wildman–Crippen LogP) is 1.31. The number of rotatable bonds is 5. The van der Waals surface area contributed by atoms with Crippen molar-refractivity contribution in [1.82, 2.24) is 9.55 Å². The Morgan fingerprint density at radius 1 is 1.22 bits per heavy atom. The lowest BCUT2D eigenvalue weighted by Crippen LogP contribution is -2.35. The molecule has 13 heteroatoms. The molecule has 0 bridgehead atoms. The molecule has 32 heavy (non-hydrogen) atoms. The van der Waals surface area contributed by atoms with E-state index in [0.29, 0.717) is 13.2 Å². The maximum absolute atomic E-state index is 13.6. The van der Waals surface area contributed by atoms with Crippen molar-refractivity contribution in [2.75, 3.05) is 19.8 Å². The van der Waals surface area contributed by atoms with E-state index in [4.69, 9.17) is 27.8 Å². The molecule has 2 N–H and O–H groups in total. The molecule has 4 atom stereocenters. The number of nitrogens with one attached hydrogen (secondary N) is 1. The molecule has 3 aliphatic rings. The van der Waals surface area contributed by atoms with Crippen molar-refractivity contribution in [2.45, 2.75) is 37.8 Å². The fraction of sp³-hybridized carbons (Fsp3) is 0.474. The van der Waals surface area contributed by atoms with E-state index in [0.717, 1.165) is 21.9 Å². The average Bonchev–Trinajstić information content (AvgIpc) is 3.45. The number of aromatic amines is 1. The first kappa shape index (κ1) is 21.8. The highest BCUT2D eigenvalue weighted by Crippen LogP contribution is 2.63. The van der Waals surface area contributed by atoms with E-state index in [1.54, 1.807) is 0 Å². The molecule has 0 amide bonds. The van der Waals surface area contributed by atoms with E-state index in [1.807, 2.05) is 29.2 Å². The molecule has 11 nitrogen and oxygen atoms in total. The van der Waals surface area contributed by atoms with Crippen molar-refractivity contribution in [1.29, 1.82) is 0 Å². The Hall–Kier alpha value is -2.02. The number of aromatic nitrogens is 2. The minimum absolute atomic E-state index is 0.00403. The molecule has 3 saturated heterocycles. The molecule has 4 heterocycles. The van der Waals surface area contributed by atoms with Crippen LogP contribution < -0.4 is 11.2 Å². The second-order valence-corrected chi connectivity index (χ2v) is 9.13. The smallest absolute Gasteiger partial charge is 0.349 e. The molecule has 1 unspecified atom stereocenters. The first-order chi connectivity index (χ1) is 15.4. The zero-order valence-electron chi connectivity index (χ0n) is 16.7. The summed E-state index contributed by atoms with van der Waals surface area (Å²) in [6.45, 7) is 0.948. The van der Waals surface area contributed by atoms with Gasteiger partial charge in [0.15, 0.2) is 6.29 Å². The molecule has 3 aliphatic heterocycles. The third-order valence-corrected chi connectivity index (χ3v) is 6.87. The molecule has 3 fully saturated rings. The van der Waals surface area contributed by atoms with Crippen LogP contribution in [0.4, 0.5) is 4.39 Å². The largest absolute Gasteiger partial charge is 0.573 e. The Morgan fingerprint density at radius 2 is 2.00 bits per heavy atom. The van der Waals surface area contributed by atoms with E-state index < -0.39 is 50.0 Å². The van der Waals surface area contributed by atoms with Gasteiger partial charge in [-0.25, -0.2) is 4.79 Å².